The Bertz CT molecular complexity index is 1130. The Morgan fingerprint density at radius 1 is 1.13 bits per heavy atom. The van der Waals surface area contributed by atoms with Crippen molar-refractivity contribution in [2.75, 3.05) is 41.5 Å². The molecule has 3 N–H and O–H groups in total. The highest BCUT2D eigenvalue weighted by atomic mass is 16.2. The predicted molar refractivity (Wildman–Crippen MR) is 115 cm³/mol. The van der Waals surface area contributed by atoms with Gasteiger partial charge < -0.3 is 20.9 Å². The van der Waals surface area contributed by atoms with Gasteiger partial charge >= 0.3 is 0 Å². The molecule has 9 nitrogen and oxygen atoms in total. The van der Waals surface area contributed by atoms with Crippen molar-refractivity contribution in [3.05, 3.63) is 54.6 Å². The normalized spacial score (nSPS) is 14.5. The minimum absolute atomic E-state index is 0.0228. The van der Waals surface area contributed by atoms with Crippen molar-refractivity contribution in [2.45, 2.75) is 6.42 Å². The van der Waals surface area contributed by atoms with E-state index in [2.05, 4.69) is 20.3 Å². The lowest BCUT2D eigenvalue weighted by Crippen LogP contribution is -2.31. The number of benzene rings is 1. The monoisotopic (exact) mass is 403 g/mol. The summed E-state index contributed by atoms with van der Waals surface area (Å²) in [5.74, 6) is -0.482. The van der Waals surface area contributed by atoms with Crippen molar-refractivity contribution in [3.8, 4) is 11.3 Å². The second-order valence-electron chi connectivity index (χ2n) is 7.01. The van der Waals surface area contributed by atoms with E-state index < -0.39 is 5.91 Å². The second kappa shape index (κ2) is 7.78. The Balaban J connectivity index is 1.85. The van der Waals surface area contributed by atoms with Crippen LogP contribution in [0.5, 0.6) is 0 Å². The number of nitrogen functional groups attached to an aromatic ring is 1. The number of nitrogens with two attached hydrogens (primary N) is 1. The van der Waals surface area contributed by atoms with Crippen LogP contribution >= 0.6 is 0 Å². The number of hydrogen-bond acceptors (Lipinski definition) is 7. The number of carbonyl (C=O) groups excluding carboxylic acids is 2. The van der Waals surface area contributed by atoms with Gasteiger partial charge in [-0.2, -0.15) is 0 Å². The second-order valence-corrected chi connectivity index (χ2v) is 7.01. The molecule has 0 spiro atoms. The molecule has 3 heterocycles. The van der Waals surface area contributed by atoms with Gasteiger partial charge in [-0.3, -0.25) is 14.6 Å². The summed E-state index contributed by atoms with van der Waals surface area (Å²) in [4.78, 5) is 41.9. The molecule has 2 amide bonds. The first kappa shape index (κ1) is 19.3. The van der Waals surface area contributed by atoms with Crippen molar-refractivity contribution in [3.63, 3.8) is 0 Å². The molecule has 9 heteroatoms. The summed E-state index contributed by atoms with van der Waals surface area (Å²) < 4.78 is 0. The summed E-state index contributed by atoms with van der Waals surface area (Å²) in [5.41, 5.74) is 9.12. The van der Waals surface area contributed by atoms with Crippen molar-refractivity contribution in [2.24, 2.45) is 0 Å². The lowest BCUT2D eigenvalue weighted by atomic mass is 10.1. The first-order valence-corrected chi connectivity index (χ1v) is 9.40. The molecule has 1 aliphatic rings. The van der Waals surface area contributed by atoms with Gasteiger partial charge in [-0.15, -0.1) is 0 Å². The van der Waals surface area contributed by atoms with E-state index in [0.29, 0.717) is 24.3 Å². The highest BCUT2D eigenvalue weighted by Crippen LogP contribution is 2.27. The van der Waals surface area contributed by atoms with Crippen molar-refractivity contribution < 1.29 is 9.59 Å². The molecule has 30 heavy (non-hydrogen) atoms. The molecule has 0 radical (unpaired) electrons. The summed E-state index contributed by atoms with van der Waals surface area (Å²) in [5, 5.41) is 2.82. The quantitative estimate of drug-likeness (QED) is 0.591. The van der Waals surface area contributed by atoms with E-state index in [1.54, 1.807) is 30.4 Å². The Morgan fingerprint density at radius 3 is 2.80 bits per heavy atom. The number of fused-ring (bicyclic) bond motifs is 6. The summed E-state index contributed by atoms with van der Waals surface area (Å²) in [6.45, 7) is 0.464. The zero-order valence-corrected chi connectivity index (χ0v) is 16.7. The molecular weight excluding hydrogens is 382 g/mol. The van der Waals surface area contributed by atoms with Gasteiger partial charge in [0.2, 0.25) is 5.91 Å². The van der Waals surface area contributed by atoms with Crippen LogP contribution in [0, 0.1) is 0 Å². The Kier molecular flexibility index (Phi) is 5.01. The van der Waals surface area contributed by atoms with Crippen molar-refractivity contribution >= 4 is 34.7 Å². The van der Waals surface area contributed by atoms with Gasteiger partial charge in [0.25, 0.3) is 5.91 Å². The minimum Gasteiger partial charge on any atom is -0.382 e. The van der Waals surface area contributed by atoms with Gasteiger partial charge in [-0.25, -0.2) is 9.97 Å². The third kappa shape index (κ3) is 3.64. The number of hydrogen-bond donors (Lipinski definition) is 2. The van der Waals surface area contributed by atoms with E-state index >= 15 is 0 Å². The van der Waals surface area contributed by atoms with Crippen LogP contribution < -0.4 is 20.9 Å². The summed E-state index contributed by atoms with van der Waals surface area (Å²) >= 11 is 0. The lowest BCUT2D eigenvalue weighted by molar-refractivity contribution is -0.118. The van der Waals surface area contributed by atoms with Crippen LogP contribution in [0.3, 0.4) is 0 Å². The standard InChI is InChI=1S/C21H21N7O2/c1-27-9-7-18(29)28(2)14-5-3-4-13(10-14)15-12-24-20(22)19(25-15)21(30)26-16-11-23-8-6-17(16)27/h3-6,8,10-12H,7,9H2,1-2H3,(H2,22,24)(H,26,30). The topological polar surface area (TPSA) is 117 Å². The van der Waals surface area contributed by atoms with Crippen LogP contribution in [0.4, 0.5) is 22.9 Å². The van der Waals surface area contributed by atoms with Gasteiger partial charge in [-0.1, -0.05) is 12.1 Å². The Morgan fingerprint density at radius 2 is 1.97 bits per heavy atom. The fraction of sp³-hybridized carbons (Fsp3) is 0.190. The molecule has 0 saturated carbocycles. The first-order chi connectivity index (χ1) is 14.4. The van der Waals surface area contributed by atoms with Gasteiger partial charge in [0.1, 0.15) is 0 Å². The van der Waals surface area contributed by atoms with Crippen LogP contribution in [-0.2, 0) is 4.79 Å². The highest BCUT2D eigenvalue weighted by Gasteiger charge is 2.20. The van der Waals surface area contributed by atoms with E-state index in [1.807, 2.05) is 36.2 Å². The largest absolute Gasteiger partial charge is 0.382 e. The molecule has 152 valence electrons. The molecule has 4 bridgehead atoms. The number of rotatable bonds is 0. The summed E-state index contributed by atoms with van der Waals surface area (Å²) in [7, 11) is 3.59. The van der Waals surface area contributed by atoms with Gasteiger partial charge in [0.15, 0.2) is 11.5 Å². The molecule has 2 aromatic heterocycles. The lowest BCUT2D eigenvalue weighted by Gasteiger charge is -2.24. The fourth-order valence-corrected chi connectivity index (χ4v) is 3.27. The van der Waals surface area contributed by atoms with Gasteiger partial charge in [-0.05, 0) is 18.2 Å². The number of nitrogens with one attached hydrogen (secondary N) is 1. The molecule has 0 unspecified atom stereocenters. The third-order valence-electron chi connectivity index (χ3n) is 5.04. The minimum atomic E-state index is -0.483. The SMILES string of the molecule is CN1CCC(=O)N(C)c2cccc(c2)-c2cnc(N)c(n2)C(=O)Nc2cnccc21. The van der Waals surface area contributed by atoms with E-state index in [1.165, 1.54) is 6.20 Å². The zero-order chi connectivity index (χ0) is 21.3. The molecule has 0 saturated heterocycles. The molecule has 1 aromatic carbocycles. The van der Waals surface area contributed by atoms with E-state index in [4.69, 9.17) is 5.73 Å². The molecule has 4 rings (SSSR count). The Labute approximate surface area is 173 Å². The highest BCUT2D eigenvalue weighted by molar-refractivity contribution is 6.07. The molecular formula is C21H21N7O2. The molecule has 0 aliphatic carbocycles. The van der Waals surface area contributed by atoms with E-state index in [-0.39, 0.29) is 17.4 Å². The zero-order valence-electron chi connectivity index (χ0n) is 16.7. The number of nitrogens with zero attached hydrogens (tertiary/aromatic N) is 5. The van der Waals surface area contributed by atoms with Crippen molar-refractivity contribution in [1.82, 2.24) is 15.0 Å². The fourth-order valence-electron chi connectivity index (χ4n) is 3.27. The van der Waals surface area contributed by atoms with Gasteiger partial charge in [0.05, 0.1) is 29.5 Å². The summed E-state index contributed by atoms with van der Waals surface area (Å²) in [6.07, 6.45) is 4.98. The van der Waals surface area contributed by atoms with E-state index in [0.717, 1.165) is 16.9 Å². The van der Waals surface area contributed by atoms with Crippen LogP contribution in [0.1, 0.15) is 16.9 Å². The third-order valence-corrected chi connectivity index (χ3v) is 5.04. The maximum absolute atomic E-state index is 12.9. The van der Waals surface area contributed by atoms with Crippen LogP contribution in [0.15, 0.2) is 48.9 Å². The number of pyridine rings is 1. The maximum Gasteiger partial charge on any atom is 0.278 e. The summed E-state index contributed by atoms with van der Waals surface area (Å²) in [6, 6.07) is 9.13. The average Bonchev–Trinajstić information content (AvgIpc) is 2.77. The van der Waals surface area contributed by atoms with Crippen LogP contribution in [-0.4, -0.2) is 47.4 Å². The molecule has 1 aliphatic heterocycles. The predicted octanol–water partition coefficient (Wildman–Crippen LogP) is 2.18. The smallest absolute Gasteiger partial charge is 0.278 e. The van der Waals surface area contributed by atoms with Crippen LogP contribution in [0.25, 0.3) is 11.3 Å². The maximum atomic E-state index is 12.9. The molecule has 0 atom stereocenters. The van der Waals surface area contributed by atoms with Crippen LogP contribution in [0.2, 0.25) is 0 Å². The Hall–Kier alpha value is -4.01. The van der Waals surface area contributed by atoms with Crippen molar-refractivity contribution in [1.29, 1.82) is 0 Å². The average molecular weight is 403 g/mol. The van der Waals surface area contributed by atoms with Gasteiger partial charge in [0, 0.05) is 44.5 Å². The van der Waals surface area contributed by atoms with E-state index in [9.17, 15) is 9.59 Å². The molecule has 0 fully saturated rings. The first-order valence-electron chi connectivity index (χ1n) is 9.40. The molecule has 3 aromatic rings. The number of anilines is 4. The number of aromatic nitrogens is 3. The number of carbonyl (C=O) groups is 2. The number of amides is 2.